The zero-order valence-corrected chi connectivity index (χ0v) is 25.3. The van der Waals surface area contributed by atoms with Crippen molar-refractivity contribution in [2.75, 3.05) is 0 Å². The molecule has 0 aliphatic carbocycles. The Bertz CT molecular complexity index is 2200. The Balaban J connectivity index is 1.25. The molecule has 0 radical (unpaired) electrons. The summed E-state index contributed by atoms with van der Waals surface area (Å²) in [5.41, 5.74) is 10.3. The fourth-order valence-electron chi connectivity index (χ4n) is 5.76. The molecule has 0 amide bonds. The van der Waals surface area contributed by atoms with Crippen LogP contribution in [-0.2, 0) is 0 Å². The maximum Gasteiger partial charge on any atom is 0.0974 e. The number of fused-ring (bicyclic) bond motifs is 6. The molecule has 0 N–H and O–H groups in total. The summed E-state index contributed by atoms with van der Waals surface area (Å²) < 4.78 is 0. The highest BCUT2D eigenvalue weighted by molar-refractivity contribution is 7.25. The van der Waals surface area contributed by atoms with Crippen LogP contribution in [0.4, 0.5) is 0 Å². The smallest absolute Gasteiger partial charge is 0.0974 e. The van der Waals surface area contributed by atoms with Crippen LogP contribution in [0.2, 0.25) is 0 Å². The van der Waals surface area contributed by atoms with E-state index in [1.807, 2.05) is 50.4 Å². The Morgan fingerprint density at radius 2 is 0.738 bits per heavy atom. The van der Waals surface area contributed by atoms with E-state index in [0.29, 0.717) is 0 Å². The molecule has 0 aliphatic rings. The number of aryl methyl sites for hydroxylation is 4. The minimum atomic E-state index is 0.967. The zero-order chi connectivity index (χ0) is 28.5. The van der Waals surface area contributed by atoms with Gasteiger partial charge >= 0.3 is 0 Å². The van der Waals surface area contributed by atoms with Crippen molar-refractivity contribution >= 4 is 66.3 Å². The van der Waals surface area contributed by atoms with E-state index in [4.69, 9.17) is 19.9 Å². The first kappa shape index (κ1) is 25.2. The fourth-order valence-corrected chi connectivity index (χ4v) is 7.92. The molecule has 0 saturated carbocycles. The monoisotopic (exact) mass is 578 g/mol. The van der Waals surface area contributed by atoms with Crippen LogP contribution in [0.5, 0.6) is 0 Å². The lowest BCUT2D eigenvalue weighted by Gasteiger charge is -2.10. The molecular formula is C36H26N4S2. The second-order valence-corrected chi connectivity index (χ2v) is 13.1. The molecule has 2 aromatic carbocycles. The molecular weight excluding hydrogens is 553 g/mol. The summed E-state index contributed by atoms with van der Waals surface area (Å²) in [6.45, 7) is 8.15. The van der Waals surface area contributed by atoms with Gasteiger partial charge in [0.1, 0.15) is 0 Å². The third kappa shape index (κ3) is 4.10. The first-order valence-corrected chi connectivity index (χ1v) is 15.6. The lowest BCUT2D eigenvalue weighted by atomic mass is 10.0. The predicted octanol–water partition coefficient (Wildman–Crippen LogP) is 10.2. The first-order chi connectivity index (χ1) is 20.4. The number of hydrogen-bond acceptors (Lipinski definition) is 6. The van der Waals surface area contributed by atoms with Crippen LogP contribution in [0.25, 0.3) is 74.2 Å². The summed E-state index contributed by atoms with van der Waals surface area (Å²) in [5.74, 6) is 0. The first-order valence-electron chi connectivity index (χ1n) is 14.0. The van der Waals surface area contributed by atoms with Gasteiger partial charge in [-0.15, -0.1) is 22.7 Å². The second-order valence-electron chi connectivity index (χ2n) is 10.9. The van der Waals surface area contributed by atoms with Gasteiger partial charge in [-0.05, 0) is 88.4 Å². The van der Waals surface area contributed by atoms with E-state index in [9.17, 15) is 0 Å². The van der Waals surface area contributed by atoms with E-state index < -0.39 is 0 Å². The number of aromatic nitrogens is 4. The quantitative estimate of drug-likeness (QED) is 0.196. The lowest BCUT2D eigenvalue weighted by Crippen LogP contribution is -1.91. The van der Waals surface area contributed by atoms with Gasteiger partial charge in [-0.25, -0.2) is 0 Å². The number of thiophene rings is 2. The molecule has 42 heavy (non-hydrogen) atoms. The van der Waals surface area contributed by atoms with E-state index in [-0.39, 0.29) is 0 Å². The zero-order valence-electron chi connectivity index (χ0n) is 23.7. The molecule has 0 atom stereocenters. The maximum absolute atomic E-state index is 4.92. The summed E-state index contributed by atoms with van der Waals surface area (Å²) in [4.78, 5) is 24.5. The van der Waals surface area contributed by atoms with Crippen LogP contribution < -0.4 is 0 Å². The van der Waals surface area contributed by atoms with E-state index in [0.717, 1.165) is 66.4 Å². The molecule has 4 nitrogen and oxygen atoms in total. The highest BCUT2D eigenvalue weighted by Gasteiger charge is 2.17. The van der Waals surface area contributed by atoms with Crippen molar-refractivity contribution in [3.63, 3.8) is 0 Å². The number of benzene rings is 2. The Labute approximate surface area is 251 Å². The molecule has 6 aromatic heterocycles. The molecule has 0 bridgehead atoms. The molecule has 8 rings (SSSR count). The minimum Gasteiger partial charge on any atom is -0.251 e. The molecule has 0 fully saturated rings. The largest absolute Gasteiger partial charge is 0.251 e. The highest BCUT2D eigenvalue weighted by atomic mass is 32.1. The van der Waals surface area contributed by atoms with Gasteiger partial charge in [0.25, 0.3) is 0 Å². The standard InChI is InChI=1S/C36H26N4S2/c1-19-5-9-23-17-27(25-11-7-21(3)39-35(25)33(23)37-19)29-13-15-31(41-29)32-16-14-30(42-32)28-18-24-10-6-20(2)38-34(24)36-26(28)12-8-22(4)40-36/h5-18H,1-4H3. The number of rotatable bonds is 3. The van der Waals surface area contributed by atoms with Gasteiger partial charge in [-0.2, -0.15) is 0 Å². The average molecular weight is 579 g/mol. The van der Waals surface area contributed by atoms with Crippen molar-refractivity contribution < 1.29 is 0 Å². The van der Waals surface area contributed by atoms with Crippen LogP contribution >= 0.6 is 22.7 Å². The fraction of sp³-hybridized carbons (Fsp3) is 0.111. The highest BCUT2D eigenvalue weighted by Crippen LogP contribution is 2.44. The Morgan fingerprint density at radius 3 is 1.17 bits per heavy atom. The predicted molar refractivity (Wildman–Crippen MR) is 179 cm³/mol. The van der Waals surface area contributed by atoms with E-state index >= 15 is 0 Å². The van der Waals surface area contributed by atoms with Crippen LogP contribution in [0, 0.1) is 27.7 Å². The normalized spacial score (nSPS) is 11.8. The summed E-state index contributed by atoms with van der Waals surface area (Å²) >= 11 is 3.66. The van der Waals surface area contributed by atoms with Crippen LogP contribution in [0.15, 0.2) is 84.9 Å². The lowest BCUT2D eigenvalue weighted by molar-refractivity contribution is 1.23. The van der Waals surface area contributed by atoms with Crippen molar-refractivity contribution in [3.8, 4) is 30.6 Å². The minimum absolute atomic E-state index is 0.967. The molecule has 0 aliphatic heterocycles. The van der Waals surface area contributed by atoms with E-state index in [1.165, 1.54) is 30.6 Å². The Morgan fingerprint density at radius 1 is 0.381 bits per heavy atom. The van der Waals surface area contributed by atoms with Crippen LogP contribution in [0.1, 0.15) is 22.8 Å². The summed E-state index contributed by atoms with van der Waals surface area (Å²) in [7, 11) is 0. The van der Waals surface area contributed by atoms with Crippen molar-refractivity contribution in [2.24, 2.45) is 0 Å². The molecule has 6 heteroatoms. The van der Waals surface area contributed by atoms with Gasteiger partial charge < -0.3 is 0 Å². The maximum atomic E-state index is 4.92. The van der Waals surface area contributed by atoms with Gasteiger partial charge in [0.15, 0.2) is 0 Å². The van der Waals surface area contributed by atoms with Gasteiger partial charge in [-0.1, -0.05) is 24.3 Å². The third-order valence-electron chi connectivity index (χ3n) is 7.81. The Hall–Kier alpha value is -4.52. The molecule has 0 unspecified atom stereocenters. The average Bonchev–Trinajstić information content (AvgIpc) is 3.67. The van der Waals surface area contributed by atoms with E-state index in [2.05, 4.69) is 84.9 Å². The molecule has 202 valence electrons. The molecule has 0 saturated heterocycles. The summed E-state index contributed by atoms with van der Waals surface area (Å²) in [5, 5.41) is 4.51. The van der Waals surface area contributed by atoms with Gasteiger partial charge in [-0.3, -0.25) is 19.9 Å². The number of pyridine rings is 4. The van der Waals surface area contributed by atoms with Crippen LogP contribution in [-0.4, -0.2) is 19.9 Å². The van der Waals surface area contributed by atoms with Crippen molar-refractivity contribution in [1.29, 1.82) is 0 Å². The number of hydrogen-bond donors (Lipinski definition) is 0. The van der Waals surface area contributed by atoms with E-state index in [1.54, 1.807) is 0 Å². The Kier molecular flexibility index (Phi) is 5.71. The molecule has 0 spiro atoms. The number of nitrogens with zero attached hydrogens (tertiary/aromatic N) is 4. The topological polar surface area (TPSA) is 51.6 Å². The van der Waals surface area contributed by atoms with Gasteiger partial charge in [0.2, 0.25) is 0 Å². The summed E-state index contributed by atoms with van der Waals surface area (Å²) in [6.07, 6.45) is 0. The molecule has 6 heterocycles. The molecule has 8 aromatic rings. The van der Waals surface area contributed by atoms with Gasteiger partial charge in [0, 0.05) is 75.0 Å². The van der Waals surface area contributed by atoms with Gasteiger partial charge in [0.05, 0.1) is 22.1 Å². The van der Waals surface area contributed by atoms with Crippen molar-refractivity contribution in [1.82, 2.24) is 19.9 Å². The SMILES string of the molecule is Cc1ccc2cc(-c3ccc(-c4ccc(-c5cc6ccc(C)nc6c6nc(C)ccc56)s4)s3)c3ccc(C)nc3c2n1. The van der Waals surface area contributed by atoms with Crippen LogP contribution in [0.3, 0.4) is 0 Å². The third-order valence-corrected chi connectivity index (χ3v) is 10.2. The van der Waals surface area contributed by atoms with Crippen molar-refractivity contribution in [2.45, 2.75) is 27.7 Å². The summed E-state index contributed by atoms with van der Waals surface area (Å²) in [6, 6.07) is 30.5. The van der Waals surface area contributed by atoms with Crippen molar-refractivity contribution in [3.05, 3.63) is 108 Å². The second kappa shape index (κ2) is 9.51.